The summed E-state index contributed by atoms with van der Waals surface area (Å²) in [6.07, 6.45) is 3.69. The SMILES string of the molecule is Cc1cnc(-n2ccc(C(C)C)n2)c(N)c1. The van der Waals surface area contributed by atoms with Gasteiger partial charge in [0, 0.05) is 12.4 Å². The van der Waals surface area contributed by atoms with E-state index in [1.807, 2.05) is 25.3 Å². The normalized spacial score (nSPS) is 11.0. The molecule has 4 nitrogen and oxygen atoms in total. The molecule has 0 radical (unpaired) electrons. The standard InChI is InChI=1S/C12H16N4/c1-8(2)11-4-5-16(15-11)12-10(13)6-9(3)7-14-12/h4-8H,13H2,1-3H3. The Balaban J connectivity index is 2.42. The molecule has 2 heterocycles. The third-order valence-corrected chi connectivity index (χ3v) is 2.45. The Bertz CT molecular complexity index is 499. The van der Waals surface area contributed by atoms with E-state index >= 15 is 0 Å². The summed E-state index contributed by atoms with van der Waals surface area (Å²) in [6, 6.07) is 3.89. The quantitative estimate of drug-likeness (QED) is 0.837. The first-order valence-electron chi connectivity index (χ1n) is 5.36. The Labute approximate surface area is 95.1 Å². The van der Waals surface area contributed by atoms with Crippen molar-refractivity contribution in [3.05, 3.63) is 35.8 Å². The molecule has 2 aromatic rings. The summed E-state index contributed by atoms with van der Waals surface area (Å²) in [7, 11) is 0. The van der Waals surface area contributed by atoms with E-state index in [0.29, 0.717) is 17.4 Å². The fourth-order valence-electron chi connectivity index (χ4n) is 1.54. The highest BCUT2D eigenvalue weighted by Crippen LogP contribution is 2.17. The molecule has 0 fully saturated rings. The first-order chi connectivity index (χ1) is 7.58. The van der Waals surface area contributed by atoms with E-state index in [9.17, 15) is 0 Å². The largest absolute Gasteiger partial charge is 0.396 e. The molecule has 0 spiro atoms. The van der Waals surface area contributed by atoms with Gasteiger partial charge in [-0.1, -0.05) is 13.8 Å². The second-order valence-electron chi connectivity index (χ2n) is 4.27. The van der Waals surface area contributed by atoms with Crippen molar-refractivity contribution in [2.24, 2.45) is 0 Å². The molecule has 0 amide bonds. The van der Waals surface area contributed by atoms with Gasteiger partial charge in [-0.2, -0.15) is 5.10 Å². The van der Waals surface area contributed by atoms with Gasteiger partial charge in [0.25, 0.3) is 0 Å². The molecular weight excluding hydrogens is 200 g/mol. The molecule has 0 aliphatic carbocycles. The molecule has 0 aromatic carbocycles. The minimum atomic E-state index is 0.410. The van der Waals surface area contributed by atoms with Crippen LogP contribution in [0.3, 0.4) is 0 Å². The molecule has 0 bridgehead atoms. The van der Waals surface area contributed by atoms with Crippen molar-refractivity contribution in [3.63, 3.8) is 0 Å². The summed E-state index contributed by atoms with van der Waals surface area (Å²) in [5.41, 5.74) is 8.66. The fourth-order valence-corrected chi connectivity index (χ4v) is 1.54. The van der Waals surface area contributed by atoms with Gasteiger partial charge in [-0.3, -0.25) is 0 Å². The van der Waals surface area contributed by atoms with Gasteiger partial charge in [0.15, 0.2) is 5.82 Å². The number of pyridine rings is 1. The lowest BCUT2D eigenvalue weighted by Gasteiger charge is -2.05. The molecule has 4 heteroatoms. The Morgan fingerprint density at radius 3 is 2.69 bits per heavy atom. The van der Waals surface area contributed by atoms with Crippen LogP contribution in [0.1, 0.15) is 31.0 Å². The number of aromatic nitrogens is 3. The van der Waals surface area contributed by atoms with Crippen LogP contribution in [-0.4, -0.2) is 14.8 Å². The number of hydrogen-bond donors (Lipinski definition) is 1. The smallest absolute Gasteiger partial charge is 0.176 e. The Hall–Kier alpha value is -1.84. The molecule has 0 aliphatic heterocycles. The lowest BCUT2D eigenvalue weighted by Crippen LogP contribution is -2.04. The van der Waals surface area contributed by atoms with Crippen LogP contribution in [0.25, 0.3) is 5.82 Å². The van der Waals surface area contributed by atoms with Crippen LogP contribution in [0.5, 0.6) is 0 Å². The van der Waals surface area contributed by atoms with E-state index in [4.69, 9.17) is 5.73 Å². The number of anilines is 1. The molecule has 0 saturated heterocycles. The monoisotopic (exact) mass is 216 g/mol. The number of nitrogen functional groups attached to an aromatic ring is 1. The average Bonchev–Trinajstić information content (AvgIpc) is 2.66. The molecule has 0 atom stereocenters. The highest BCUT2D eigenvalue weighted by molar-refractivity contribution is 5.53. The van der Waals surface area contributed by atoms with Crippen LogP contribution >= 0.6 is 0 Å². The van der Waals surface area contributed by atoms with Crippen molar-refractivity contribution in [1.29, 1.82) is 0 Å². The first-order valence-corrected chi connectivity index (χ1v) is 5.36. The van der Waals surface area contributed by atoms with Crippen molar-refractivity contribution in [1.82, 2.24) is 14.8 Å². The summed E-state index contributed by atoms with van der Waals surface area (Å²) in [4.78, 5) is 4.30. The van der Waals surface area contributed by atoms with E-state index in [0.717, 1.165) is 11.3 Å². The van der Waals surface area contributed by atoms with E-state index in [-0.39, 0.29) is 0 Å². The predicted molar refractivity (Wildman–Crippen MR) is 64.6 cm³/mol. The van der Waals surface area contributed by atoms with Crippen LogP contribution in [0.15, 0.2) is 24.5 Å². The zero-order valence-corrected chi connectivity index (χ0v) is 9.81. The van der Waals surface area contributed by atoms with Crippen molar-refractivity contribution in [2.45, 2.75) is 26.7 Å². The van der Waals surface area contributed by atoms with Gasteiger partial charge < -0.3 is 5.73 Å². The zero-order valence-electron chi connectivity index (χ0n) is 9.81. The zero-order chi connectivity index (χ0) is 11.7. The molecule has 0 saturated carbocycles. The molecule has 84 valence electrons. The third kappa shape index (κ3) is 1.91. The second kappa shape index (κ2) is 3.96. The van der Waals surface area contributed by atoms with E-state index in [1.165, 1.54) is 0 Å². The second-order valence-corrected chi connectivity index (χ2v) is 4.27. The van der Waals surface area contributed by atoms with Crippen LogP contribution < -0.4 is 5.73 Å². The average molecular weight is 216 g/mol. The Morgan fingerprint density at radius 1 is 1.38 bits per heavy atom. The van der Waals surface area contributed by atoms with E-state index in [1.54, 1.807) is 10.9 Å². The van der Waals surface area contributed by atoms with Gasteiger partial charge in [-0.15, -0.1) is 0 Å². The number of aryl methyl sites for hydroxylation is 1. The summed E-state index contributed by atoms with van der Waals surface area (Å²) in [6.45, 7) is 6.19. The summed E-state index contributed by atoms with van der Waals surface area (Å²) in [5, 5.41) is 4.44. The number of rotatable bonds is 2. The first kappa shape index (κ1) is 10.7. The van der Waals surface area contributed by atoms with Crippen molar-refractivity contribution in [3.8, 4) is 5.82 Å². The number of nitrogens with two attached hydrogens (primary N) is 1. The molecule has 16 heavy (non-hydrogen) atoms. The highest BCUT2D eigenvalue weighted by Gasteiger charge is 2.08. The Morgan fingerprint density at radius 2 is 2.12 bits per heavy atom. The summed E-state index contributed by atoms with van der Waals surface area (Å²) >= 11 is 0. The van der Waals surface area contributed by atoms with Crippen molar-refractivity contribution < 1.29 is 0 Å². The maximum Gasteiger partial charge on any atom is 0.176 e. The molecule has 0 aliphatic rings. The van der Waals surface area contributed by atoms with Gasteiger partial charge in [0.2, 0.25) is 0 Å². The minimum absolute atomic E-state index is 0.410. The van der Waals surface area contributed by atoms with E-state index < -0.39 is 0 Å². The van der Waals surface area contributed by atoms with Crippen LogP contribution in [0.4, 0.5) is 5.69 Å². The van der Waals surface area contributed by atoms with Crippen LogP contribution in [-0.2, 0) is 0 Å². The molecule has 2 rings (SSSR count). The maximum absolute atomic E-state index is 5.92. The van der Waals surface area contributed by atoms with Crippen molar-refractivity contribution >= 4 is 5.69 Å². The van der Waals surface area contributed by atoms with E-state index in [2.05, 4.69) is 23.9 Å². The van der Waals surface area contributed by atoms with Crippen molar-refractivity contribution in [2.75, 3.05) is 5.73 Å². The Kier molecular flexibility index (Phi) is 2.64. The minimum Gasteiger partial charge on any atom is -0.396 e. The van der Waals surface area contributed by atoms with Gasteiger partial charge in [0.1, 0.15) is 0 Å². The van der Waals surface area contributed by atoms with Gasteiger partial charge in [-0.25, -0.2) is 9.67 Å². The maximum atomic E-state index is 5.92. The fraction of sp³-hybridized carbons (Fsp3) is 0.333. The molecule has 2 aromatic heterocycles. The number of hydrogen-bond acceptors (Lipinski definition) is 3. The van der Waals surface area contributed by atoms with Crippen LogP contribution in [0.2, 0.25) is 0 Å². The predicted octanol–water partition coefficient (Wildman–Crippen LogP) is 2.28. The van der Waals surface area contributed by atoms with Gasteiger partial charge in [0.05, 0.1) is 11.4 Å². The van der Waals surface area contributed by atoms with Crippen LogP contribution in [0, 0.1) is 6.92 Å². The molecule has 2 N–H and O–H groups in total. The van der Waals surface area contributed by atoms with Gasteiger partial charge in [-0.05, 0) is 30.5 Å². The summed E-state index contributed by atoms with van der Waals surface area (Å²) in [5.74, 6) is 1.10. The molecular formula is C12H16N4. The highest BCUT2D eigenvalue weighted by atomic mass is 15.3. The number of nitrogens with zero attached hydrogens (tertiary/aromatic N) is 3. The van der Waals surface area contributed by atoms with Gasteiger partial charge >= 0.3 is 0 Å². The topological polar surface area (TPSA) is 56.7 Å². The molecule has 0 unspecified atom stereocenters. The summed E-state index contributed by atoms with van der Waals surface area (Å²) < 4.78 is 1.73. The lowest BCUT2D eigenvalue weighted by molar-refractivity contribution is 0.758. The lowest BCUT2D eigenvalue weighted by atomic mass is 10.1. The third-order valence-electron chi connectivity index (χ3n) is 2.45.